The number of morpholine rings is 1. The first kappa shape index (κ1) is 13.3. The first-order valence-corrected chi connectivity index (χ1v) is 6.77. The van der Waals surface area contributed by atoms with Crippen molar-refractivity contribution in [3.63, 3.8) is 0 Å². The average Bonchev–Trinajstić information content (AvgIpc) is 2.31. The second kappa shape index (κ2) is 5.69. The van der Waals surface area contributed by atoms with E-state index in [1.54, 1.807) is 4.90 Å². The van der Waals surface area contributed by atoms with Gasteiger partial charge in [0.2, 0.25) is 11.8 Å². The summed E-state index contributed by atoms with van der Waals surface area (Å²) in [6.07, 6.45) is 2.71. The van der Waals surface area contributed by atoms with Crippen LogP contribution in [-0.4, -0.2) is 60.0 Å². The quantitative estimate of drug-likeness (QED) is 0.726. The van der Waals surface area contributed by atoms with Gasteiger partial charge in [-0.1, -0.05) is 0 Å². The Labute approximate surface area is 108 Å². The van der Waals surface area contributed by atoms with Gasteiger partial charge < -0.3 is 14.5 Å². The number of rotatable bonds is 2. The molecule has 0 saturated carbocycles. The van der Waals surface area contributed by atoms with Gasteiger partial charge >= 0.3 is 0 Å². The van der Waals surface area contributed by atoms with Crippen LogP contribution in [-0.2, 0) is 14.3 Å². The van der Waals surface area contributed by atoms with Gasteiger partial charge in [-0.25, -0.2) is 0 Å². The Morgan fingerprint density at radius 1 is 1.28 bits per heavy atom. The molecule has 0 aliphatic carbocycles. The third-order valence-electron chi connectivity index (χ3n) is 3.52. The van der Waals surface area contributed by atoms with Gasteiger partial charge in [0, 0.05) is 26.1 Å². The number of hydrogen-bond acceptors (Lipinski definition) is 3. The number of hydrogen-bond donors (Lipinski definition) is 0. The van der Waals surface area contributed by atoms with Crippen molar-refractivity contribution in [1.82, 2.24) is 9.80 Å². The minimum Gasteiger partial charge on any atom is -0.372 e. The lowest BCUT2D eigenvalue weighted by atomic mass is 10.1. The predicted octanol–water partition coefficient (Wildman–Crippen LogP) is 0.635. The molecule has 2 atom stereocenters. The molecule has 0 aromatic rings. The van der Waals surface area contributed by atoms with E-state index in [9.17, 15) is 9.59 Å². The Hall–Kier alpha value is -1.10. The van der Waals surface area contributed by atoms with E-state index in [2.05, 4.69) is 0 Å². The Morgan fingerprint density at radius 3 is 2.56 bits per heavy atom. The second-order valence-corrected chi connectivity index (χ2v) is 5.33. The number of nitrogens with zero attached hydrogens (tertiary/aromatic N) is 2. The lowest BCUT2D eigenvalue weighted by molar-refractivity contribution is -0.149. The first-order valence-electron chi connectivity index (χ1n) is 6.77. The molecule has 2 unspecified atom stereocenters. The third kappa shape index (κ3) is 3.22. The fourth-order valence-electron chi connectivity index (χ4n) is 2.67. The fourth-order valence-corrected chi connectivity index (χ4v) is 2.67. The standard InChI is InChI=1S/C13H22N2O3/c1-10-7-15(8-11(2)18-10)13(17)9-14-6-4-3-5-12(14)16/h10-11H,3-9H2,1-2H3. The van der Waals surface area contributed by atoms with E-state index in [0.717, 1.165) is 19.4 Å². The van der Waals surface area contributed by atoms with E-state index in [4.69, 9.17) is 4.74 Å². The van der Waals surface area contributed by atoms with Crippen LogP contribution in [0.15, 0.2) is 0 Å². The van der Waals surface area contributed by atoms with Crippen molar-refractivity contribution in [3.8, 4) is 0 Å². The normalized spacial score (nSPS) is 29.6. The SMILES string of the molecule is CC1CN(C(=O)CN2CCCCC2=O)CC(C)O1. The van der Waals surface area contributed by atoms with Crippen LogP contribution in [0.1, 0.15) is 33.1 Å². The number of ether oxygens (including phenoxy) is 1. The van der Waals surface area contributed by atoms with Gasteiger partial charge in [0.15, 0.2) is 0 Å². The van der Waals surface area contributed by atoms with Crippen LogP contribution in [0.5, 0.6) is 0 Å². The second-order valence-electron chi connectivity index (χ2n) is 5.33. The zero-order valence-corrected chi connectivity index (χ0v) is 11.2. The summed E-state index contributed by atoms with van der Waals surface area (Å²) in [5.41, 5.74) is 0. The van der Waals surface area contributed by atoms with Crippen molar-refractivity contribution >= 4 is 11.8 Å². The van der Waals surface area contributed by atoms with E-state index in [1.807, 2.05) is 18.7 Å². The minimum absolute atomic E-state index is 0.0484. The molecule has 0 N–H and O–H groups in total. The Morgan fingerprint density at radius 2 is 1.94 bits per heavy atom. The van der Waals surface area contributed by atoms with Crippen LogP contribution in [0.3, 0.4) is 0 Å². The van der Waals surface area contributed by atoms with E-state index >= 15 is 0 Å². The van der Waals surface area contributed by atoms with Gasteiger partial charge in [0.1, 0.15) is 0 Å². The highest BCUT2D eigenvalue weighted by atomic mass is 16.5. The van der Waals surface area contributed by atoms with Gasteiger partial charge in [-0.05, 0) is 26.7 Å². The highest BCUT2D eigenvalue weighted by Crippen LogP contribution is 2.13. The van der Waals surface area contributed by atoms with Crippen molar-refractivity contribution in [1.29, 1.82) is 0 Å². The largest absolute Gasteiger partial charge is 0.372 e. The van der Waals surface area contributed by atoms with Gasteiger partial charge in [-0.2, -0.15) is 0 Å². The smallest absolute Gasteiger partial charge is 0.242 e. The monoisotopic (exact) mass is 254 g/mol. The summed E-state index contributed by atoms with van der Waals surface area (Å²) >= 11 is 0. The predicted molar refractivity (Wildman–Crippen MR) is 67.0 cm³/mol. The lowest BCUT2D eigenvalue weighted by Gasteiger charge is -2.37. The number of carbonyl (C=O) groups is 2. The minimum atomic E-state index is 0.0484. The molecule has 2 aliphatic heterocycles. The number of likely N-dealkylation sites (tertiary alicyclic amines) is 1. The molecule has 2 fully saturated rings. The van der Waals surface area contributed by atoms with Crippen molar-refractivity contribution in [2.45, 2.75) is 45.3 Å². The van der Waals surface area contributed by atoms with E-state index in [0.29, 0.717) is 19.5 Å². The highest BCUT2D eigenvalue weighted by Gasteiger charge is 2.28. The van der Waals surface area contributed by atoms with Crippen LogP contribution in [0.2, 0.25) is 0 Å². The molecule has 0 bridgehead atoms. The molecule has 0 aromatic heterocycles. The number of piperidine rings is 1. The molecule has 2 rings (SSSR count). The maximum atomic E-state index is 12.2. The molecule has 5 nitrogen and oxygen atoms in total. The Balaban J connectivity index is 1.88. The maximum absolute atomic E-state index is 12.2. The molecular formula is C13H22N2O3. The van der Waals surface area contributed by atoms with Crippen molar-refractivity contribution < 1.29 is 14.3 Å². The van der Waals surface area contributed by atoms with Crippen LogP contribution in [0.4, 0.5) is 0 Å². The molecule has 18 heavy (non-hydrogen) atoms. The molecule has 0 spiro atoms. The van der Waals surface area contributed by atoms with Crippen LogP contribution in [0.25, 0.3) is 0 Å². The van der Waals surface area contributed by atoms with Gasteiger partial charge in [0.05, 0.1) is 18.8 Å². The van der Waals surface area contributed by atoms with Crippen LogP contribution in [0, 0.1) is 0 Å². The zero-order chi connectivity index (χ0) is 13.1. The van der Waals surface area contributed by atoms with Crippen LogP contribution < -0.4 is 0 Å². The maximum Gasteiger partial charge on any atom is 0.242 e. The number of amides is 2. The fraction of sp³-hybridized carbons (Fsp3) is 0.846. The van der Waals surface area contributed by atoms with E-state index < -0.39 is 0 Å². The van der Waals surface area contributed by atoms with Gasteiger partial charge in [-0.15, -0.1) is 0 Å². The summed E-state index contributed by atoms with van der Waals surface area (Å²) in [5.74, 6) is 0.163. The number of carbonyl (C=O) groups excluding carboxylic acids is 2. The average molecular weight is 254 g/mol. The summed E-state index contributed by atoms with van der Waals surface area (Å²) in [5, 5.41) is 0. The van der Waals surface area contributed by atoms with Gasteiger partial charge in [0.25, 0.3) is 0 Å². The topological polar surface area (TPSA) is 49.9 Å². The lowest BCUT2D eigenvalue weighted by Crippen LogP contribution is -2.52. The summed E-state index contributed by atoms with van der Waals surface area (Å²) in [6, 6.07) is 0. The summed E-state index contributed by atoms with van der Waals surface area (Å²) in [4.78, 5) is 27.4. The first-order chi connectivity index (χ1) is 8.56. The molecule has 0 radical (unpaired) electrons. The van der Waals surface area contributed by atoms with Crippen molar-refractivity contribution in [2.75, 3.05) is 26.2 Å². The van der Waals surface area contributed by atoms with Crippen LogP contribution >= 0.6 is 0 Å². The molecule has 2 aliphatic rings. The van der Waals surface area contributed by atoms with Crippen molar-refractivity contribution in [3.05, 3.63) is 0 Å². The molecule has 0 aromatic carbocycles. The summed E-state index contributed by atoms with van der Waals surface area (Å²) in [6.45, 7) is 6.17. The zero-order valence-electron chi connectivity index (χ0n) is 11.2. The molecular weight excluding hydrogens is 232 g/mol. The van der Waals surface area contributed by atoms with E-state index in [1.165, 1.54) is 0 Å². The van der Waals surface area contributed by atoms with E-state index in [-0.39, 0.29) is 30.6 Å². The molecule has 2 saturated heterocycles. The summed E-state index contributed by atoms with van der Waals surface area (Å²) in [7, 11) is 0. The Kier molecular flexibility index (Phi) is 4.22. The van der Waals surface area contributed by atoms with Gasteiger partial charge in [-0.3, -0.25) is 9.59 Å². The molecule has 5 heteroatoms. The summed E-state index contributed by atoms with van der Waals surface area (Å²) < 4.78 is 5.60. The highest BCUT2D eigenvalue weighted by molar-refractivity contribution is 5.85. The molecule has 2 heterocycles. The van der Waals surface area contributed by atoms with Crippen molar-refractivity contribution in [2.24, 2.45) is 0 Å². The third-order valence-corrected chi connectivity index (χ3v) is 3.52. The molecule has 2 amide bonds. The Bertz CT molecular complexity index is 322. The molecule has 102 valence electrons.